The van der Waals surface area contributed by atoms with Crippen LogP contribution in [0, 0.1) is 0 Å². The molecule has 6 nitrogen and oxygen atoms in total. The van der Waals surface area contributed by atoms with E-state index in [4.69, 9.17) is 4.74 Å². The number of anilines is 1. The van der Waals surface area contributed by atoms with Crippen LogP contribution in [-0.4, -0.2) is 27.5 Å². The van der Waals surface area contributed by atoms with E-state index in [1.165, 1.54) is 31.4 Å². The second-order valence-corrected chi connectivity index (χ2v) is 11.2. The molecule has 4 aromatic carbocycles. The van der Waals surface area contributed by atoms with E-state index in [1.807, 2.05) is 12.1 Å². The lowest BCUT2D eigenvalue weighted by Crippen LogP contribution is -2.35. The fourth-order valence-electron chi connectivity index (χ4n) is 4.79. The summed E-state index contributed by atoms with van der Waals surface area (Å²) >= 11 is 0. The third-order valence-electron chi connectivity index (χ3n) is 6.78. The molecule has 10 heteroatoms. The Bertz CT molecular complexity index is 1650. The van der Waals surface area contributed by atoms with Crippen molar-refractivity contribution in [1.29, 1.82) is 0 Å². The molecule has 1 aliphatic rings. The number of nitrogens with one attached hydrogen (secondary N) is 2. The zero-order chi connectivity index (χ0) is 28.5. The van der Waals surface area contributed by atoms with Crippen molar-refractivity contribution in [2.45, 2.75) is 30.0 Å². The van der Waals surface area contributed by atoms with Gasteiger partial charge in [0, 0.05) is 17.3 Å². The Kier molecular flexibility index (Phi) is 7.39. The van der Waals surface area contributed by atoms with Gasteiger partial charge in [-0.15, -0.1) is 0 Å². The van der Waals surface area contributed by atoms with Crippen molar-refractivity contribution in [1.82, 2.24) is 4.72 Å². The lowest BCUT2D eigenvalue weighted by atomic mass is 9.98. The summed E-state index contributed by atoms with van der Waals surface area (Å²) in [6.07, 6.45) is -3.48. The van der Waals surface area contributed by atoms with Gasteiger partial charge in [-0.3, -0.25) is 4.79 Å². The molecule has 0 radical (unpaired) electrons. The van der Waals surface area contributed by atoms with E-state index in [1.54, 1.807) is 42.5 Å². The van der Waals surface area contributed by atoms with Crippen molar-refractivity contribution in [3.8, 4) is 16.9 Å². The normalized spacial score (nSPS) is 14.9. The lowest BCUT2D eigenvalue weighted by molar-refractivity contribution is -0.137. The van der Waals surface area contributed by atoms with Crippen LogP contribution >= 0.6 is 0 Å². The Morgan fingerprint density at radius 2 is 1.55 bits per heavy atom. The van der Waals surface area contributed by atoms with Gasteiger partial charge in [-0.1, -0.05) is 36.4 Å². The maximum Gasteiger partial charge on any atom is 0.416 e. The van der Waals surface area contributed by atoms with Crippen molar-refractivity contribution in [2.75, 3.05) is 12.4 Å². The quantitative estimate of drug-likeness (QED) is 0.284. The molecule has 0 bridgehead atoms. The van der Waals surface area contributed by atoms with E-state index < -0.39 is 27.7 Å². The highest BCUT2D eigenvalue weighted by atomic mass is 32.2. The first kappa shape index (κ1) is 27.4. The number of carbonyl (C=O) groups excluding carboxylic acids is 1. The highest BCUT2D eigenvalue weighted by Crippen LogP contribution is 2.32. The first-order valence-corrected chi connectivity index (χ1v) is 13.9. The number of amides is 1. The van der Waals surface area contributed by atoms with E-state index in [-0.39, 0.29) is 10.9 Å². The van der Waals surface area contributed by atoms with E-state index in [9.17, 15) is 26.4 Å². The van der Waals surface area contributed by atoms with Crippen LogP contribution in [0.5, 0.6) is 5.75 Å². The number of alkyl halides is 3. The number of benzene rings is 4. The summed E-state index contributed by atoms with van der Waals surface area (Å²) in [5.41, 5.74) is 2.96. The van der Waals surface area contributed by atoms with Crippen LogP contribution < -0.4 is 14.8 Å². The Balaban J connectivity index is 1.29. The topological polar surface area (TPSA) is 84.5 Å². The molecule has 1 aliphatic carbocycles. The number of halogens is 3. The molecule has 1 atom stereocenters. The zero-order valence-electron chi connectivity index (χ0n) is 21.3. The Morgan fingerprint density at radius 1 is 0.875 bits per heavy atom. The third-order valence-corrected chi connectivity index (χ3v) is 8.32. The number of fused-ring (bicyclic) bond motifs is 1. The first-order chi connectivity index (χ1) is 19.0. The first-order valence-electron chi connectivity index (χ1n) is 12.4. The average molecular weight is 567 g/mol. The number of rotatable bonds is 7. The molecule has 1 unspecified atom stereocenters. The fraction of sp³-hybridized carbons (Fsp3) is 0.167. The molecular weight excluding hydrogens is 541 g/mol. The van der Waals surface area contributed by atoms with Gasteiger partial charge in [-0.05, 0) is 89.7 Å². The van der Waals surface area contributed by atoms with Crippen LogP contribution in [0.2, 0.25) is 0 Å². The van der Waals surface area contributed by atoms with Gasteiger partial charge in [0.15, 0.2) is 0 Å². The predicted molar refractivity (Wildman–Crippen MR) is 146 cm³/mol. The molecule has 2 N–H and O–H groups in total. The monoisotopic (exact) mass is 566 g/mol. The van der Waals surface area contributed by atoms with Gasteiger partial charge in [-0.2, -0.15) is 13.2 Å². The van der Waals surface area contributed by atoms with Crippen LogP contribution in [-0.2, 0) is 29.0 Å². The van der Waals surface area contributed by atoms with E-state index in [0.29, 0.717) is 41.0 Å². The number of hydrogen-bond acceptors (Lipinski definition) is 4. The number of carbonyl (C=O) groups is 1. The molecule has 0 aromatic heterocycles. The number of sulfonamides is 1. The largest absolute Gasteiger partial charge is 0.497 e. The molecule has 0 fully saturated rings. The standard InChI is InChI=1S/C30H25F3N2O4S/c1-39-25-12-14-26(15-13-25)40(37,38)35-24-16-20-8-11-23(17-21(20)18-24)34-29(36)28-5-3-2-4-27(28)19-6-9-22(10-7-19)30(31,32)33/h2-15,17,24,35H,16,18H2,1H3,(H,34,36). The van der Waals surface area contributed by atoms with Gasteiger partial charge in [0.05, 0.1) is 17.6 Å². The lowest BCUT2D eigenvalue weighted by Gasteiger charge is -2.13. The summed E-state index contributed by atoms with van der Waals surface area (Å²) in [6.45, 7) is 0. The predicted octanol–water partition coefficient (Wildman–Crippen LogP) is 6.08. The SMILES string of the molecule is COc1ccc(S(=O)(=O)NC2Cc3ccc(NC(=O)c4ccccc4-c4ccc(C(F)(F)F)cc4)cc3C2)cc1. The zero-order valence-corrected chi connectivity index (χ0v) is 22.1. The minimum atomic E-state index is -4.45. The van der Waals surface area contributed by atoms with Gasteiger partial charge < -0.3 is 10.1 Å². The average Bonchev–Trinajstić information content (AvgIpc) is 3.33. The van der Waals surface area contributed by atoms with Gasteiger partial charge >= 0.3 is 6.18 Å². The van der Waals surface area contributed by atoms with Gasteiger partial charge in [0.1, 0.15) is 5.75 Å². The molecule has 0 saturated carbocycles. The summed E-state index contributed by atoms with van der Waals surface area (Å²) in [5.74, 6) is 0.147. The smallest absolute Gasteiger partial charge is 0.416 e. The highest BCUT2D eigenvalue weighted by Gasteiger charge is 2.30. The molecule has 0 saturated heterocycles. The highest BCUT2D eigenvalue weighted by molar-refractivity contribution is 7.89. The van der Waals surface area contributed by atoms with E-state index in [2.05, 4.69) is 10.0 Å². The Hall–Kier alpha value is -4.15. The Labute approximate surface area is 229 Å². The van der Waals surface area contributed by atoms with Crippen molar-refractivity contribution in [3.63, 3.8) is 0 Å². The molecule has 40 heavy (non-hydrogen) atoms. The minimum Gasteiger partial charge on any atom is -0.497 e. The maximum absolute atomic E-state index is 13.2. The van der Waals surface area contributed by atoms with Crippen LogP contribution in [0.3, 0.4) is 0 Å². The summed E-state index contributed by atoms with van der Waals surface area (Å²) in [4.78, 5) is 13.3. The van der Waals surface area contributed by atoms with Crippen molar-refractivity contribution < 1.29 is 31.1 Å². The molecule has 0 aliphatic heterocycles. The summed E-state index contributed by atoms with van der Waals surface area (Å²) in [7, 11) is -2.23. The molecule has 0 heterocycles. The van der Waals surface area contributed by atoms with Gasteiger partial charge in [-0.25, -0.2) is 13.1 Å². The van der Waals surface area contributed by atoms with Crippen LogP contribution in [0.25, 0.3) is 11.1 Å². The molecular formula is C30H25F3N2O4S. The van der Waals surface area contributed by atoms with Crippen LogP contribution in [0.4, 0.5) is 18.9 Å². The molecule has 0 spiro atoms. The third kappa shape index (κ3) is 5.88. The molecule has 206 valence electrons. The number of hydrogen-bond donors (Lipinski definition) is 2. The summed E-state index contributed by atoms with van der Waals surface area (Å²) in [5, 5.41) is 2.86. The van der Waals surface area contributed by atoms with E-state index >= 15 is 0 Å². The van der Waals surface area contributed by atoms with Gasteiger partial charge in [0.2, 0.25) is 10.0 Å². The van der Waals surface area contributed by atoms with Crippen LogP contribution in [0.15, 0.2) is 95.9 Å². The second-order valence-electron chi connectivity index (χ2n) is 9.46. The van der Waals surface area contributed by atoms with Crippen molar-refractivity contribution >= 4 is 21.6 Å². The molecule has 4 aromatic rings. The van der Waals surface area contributed by atoms with Crippen LogP contribution in [0.1, 0.15) is 27.0 Å². The van der Waals surface area contributed by atoms with Crippen molar-refractivity contribution in [3.05, 3.63) is 113 Å². The van der Waals surface area contributed by atoms with E-state index in [0.717, 1.165) is 23.3 Å². The summed E-state index contributed by atoms with van der Waals surface area (Å²) < 4.78 is 72.5. The maximum atomic E-state index is 13.2. The summed E-state index contributed by atoms with van der Waals surface area (Å²) in [6, 6.07) is 22.6. The minimum absolute atomic E-state index is 0.143. The van der Waals surface area contributed by atoms with Crippen molar-refractivity contribution in [2.24, 2.45) is 0 Å². The molecule has 5 rings (SSSR count). The number of methoxy groups -OCH3 is 1. The second kappa shape index (κ2) is 10.8. The number of ether oxygens (including phenoxy) is 1. The fourth-order valence-corrected chi connectivity index (χ4v) is 6.03. The van der Waals surface area contributed by atoms with Gasteiger partial charge in [0.25, 0.3) is 5.91 Å². The Morgan fingerprint density at radius 3 is 2.23 bits per heavy atom. The molecule has 1 amide bonds.